The van der Waals surface area contributed by atoms with E-state index in [1.54, 1.807) is 99.6 Å². The van der Waals surface area contributed by atoms with Gasteiger partial charge in [-0.25, -0.2) is 9.59 Å². The number of carbonyl (C=O) groups excluding carboxylic acids is 7. The summed E-state index contributed by atoms with van der Waals surface area (Å²) in [6.45, 7) is 18.5. The summed E-state index contributed by atoms with van der Waals surface area (Å²) in [4.78, 5) is 99.4. The fraction of sp³-hybridized carbons (Fsp3) is 0.509. The summed E-state index contributed by atoms with van der Waals surface area (Å²) in [5.41, 5.74) is -7.50. The molecule has 17 heteroatoms. The minimum absolute atomic E-state index is 0.00983. The molecule has 0 aromatic heterocycles. The Bertz CT molecular complexity index is 2580. The van der Waals surface area contributed by atoms with E-state index in [0.29, 0.717) is 11.1 Å². The standard InChI is InChI=1S/C55H69NO15Si/c1-32-39(68-50(64)44(71-72(11,12)51(5,6)7)42(36-22-16-13-17-23-36)56-48(62)37-24-18-14-19-25-37)30-55(65)47(69-49(63)38-26-20-15-21-27-38)45-53(10,46(61)43(67-34(3)58)41(32)52(55,8)9)40(60)28-29-54(45,70-35(4)59)31-66-33(2)57/h13-27,39-40,42-45,47,60,65H,28-31H2,1-12H3,(H,56,62)/t39-,40+,42-,43+,44+,45-,47-,53+,54+,55+/m0/s1. The van der Waals surface area contributed by atoms with Crippen LogP contribution in [0.15, 0.2) is 102 Å². The first-order valence-corrected chi connectivity index (χ1v) is 27.1. The van der Waals surface area contributed by atoms with Gasteiger partial charge in [0.25, 0.3) is 5.91 Å². The Hall–Kier alpha value is -6.01. The van der Waals surface area contributed by atoms with Crippen molar-refractivity contribution >= 4 is 49.9 Å². The number of amides is 1. The smallest absolute Gasteiger partial charge is 0.338 e. The summed E-state index contributed by atoms with van der Waals surface area (Å²) in [7, 11) is -2.97. The maximum Gasteiger partial charge on any atom is 0.338 e. The summed E-state index contributed by atoms with van der Waals surface area (Å²) in [6, 6.07) is 23.8. The van der Waals surface area contributed by atoms with Gasteiger partial charge in [0.2, 0.25) is 0 Å². The number of fused-ring (bicyclic) bond motifs is 3. The monoisotopic (exact) mass is 1010 g/mol. The molecule has 0 spiro atoms. The van der Waals surface area contributed by atoms with Crippen molar-refractivity contribution in [2.45, 2.75) is 154 Å². The second-order valence-corrected chi connectivity index (χ2v) is 26.4. The van der Waals surface area contributed by atoms with Crippen molar-refractivity contribution < 1.29 is 71.9 Å². The summed E-state index contributed by atoms with van der Waals surface area (Å²) in [6.07, 6.45) is -9.55. The third-order valence-electron chi connectivity index (χ3n) is 15.6. The highest BCUT2D eigenvalue weighted by Gasteiger charge is 2.74. The lowest BCUT2D eigenvalue weighted by molar-refractivity contribution is -0.269. The highest BCUT2D eigenvalue weighted by Crippen LogP contribution is 2.63. The van der Waals surface area contributed by atoms with Crippen molar-refractivity contribution in [3.8, 4) is 0 Å². The molecule has 10 atom stereocenters. The van der Waals surface area contributed by atoms with E-state index in [9.17, 15) is 34.2 Å². The molecule has 3 aliphatic rings. The number of rotatable bonds is 14. The van der Waals surface area contributed by atoms with E-state index in [2.05, 4.69) is 5.32 Å². The topological polar surface area (TPSA) is 227 Å². The summed E-state index contributed by atoms with van der Waals surface area (Å²) in [5.74, 6) is -7.74. The lowest BCUT2D eigenvalue weighted by atomic mass is 9.45. The molecule has 3 aliphatic carbocycles. The van der Waals surface area contributed by atoms with Gasteiger partial charge in [0, 0.05) is 38.2 Å². The van der Waals surface area contributed by atoms with E-state index in [-0.39, 0.29) is 29.6 Å². The van der Waals surface area contributed by atoms with Gasteiger partial charge in [-0.1, -0.05) is 101 Å². The van der Waals surface area contributed by atoms with E-state index < -0.39 is 132 Å². The second-order valence-electron chi connectivity index (χ2n) is 21.6. The Balaban J connectivity index is 1.63. The van der Waals surface area contributed by atoms with Crippen LogP contribution < -0.4 is 5.32 Å². The van der Waals surface area contributed by atoms with E-state index in [4.69, 9.17) is 28.1 Å². The third kappa shape index (κ3) is 10.6. The molecular weight excluding hydrogens is 943 g/mol. The van der Waals surface area contributed by atoms with Crippen molar-refractivity contribution in [3.63, 3.8) is 0 Å². The molecule has 3 aromatic rings. The summed E-state index contributed by atoms with van der Waals surface area (Å²) >= 11 is 0. The number of ketones is 1. The van der Waals surface area contributed by atoms with Gasteiger partial charge in [-0.2, -0.15) is 0 Å². The molecule has 0 saturated heterocycles. The molecule has 0 aliphatic heterocycles. The van der Waals surface area contributed by atoms with Crippen molar-refractivity contribution in [1.29, 1.82) is 0 Å². The molecule has 2 saturated carbocycles. The number of hydrogen-bond acceptors (Lipinski definition) is 15. The van der Waals surface area contributed by atoms with Crippen LogP contribution in [0, 0.1) is 16.7 Å². The molecule has 6 rings (SSSR count). The van der Waals surface area contributed by atoms with Crippen molar-refractivity contribution in [2.24, 2.45) is 16.7 Å². The second kappa shape index (κ2) is 20.8. The first-order valence-electron chi connectivity index (χ1n) is 24.2. The van der Waals surface area contributed by atoms with Crippen molar-refractivity contribution in [3.05, 3.63) is 119 Å². The summed E-state index contributed by atoms with van der Waals surface area (Å²) < 4.78 is 37.8. The van der Waals surface area contributed by atoms with Crippen LogP contribution >= 0.6 is 0 Å². The van der Waals surface area contributed by atoms with E-state index in [1.165, 1.54) is 19.1 Å². The lowest BCUT2D eigenvalue weighted by Gasteiger charge is -2.63. The highest BCUT2D eigenvalue weighted by molar-refractivity contribution is 6.74. The quantitative estimate of drug-likeness (QED) is 0.0622. The number of nitrogens with one attached hydrogen (secondary N) is 1. The minimum Gasteiger partial charge on any atom is -0.462 e. The third-order valence-corrected chi connectivity index (χ3v) is 20.1. The number of aliphatic hydroxyl groups is 2. The average Bonchev–Trinajstić information content (AvgIpc) is 3.31. The van der Waals surface area contributed by atoms with Crippen molar-refractivity contribution in [1.82, 2.24) is 5.32 Å². The van der Waals surface area contributed by atoms with Crippen LogP contribution in [-0.2, 0) is 52.1 Å². The fourth-order valence-corrected chi connectivity index (χ4v) is 11.9. The van der Waals surface area contributed by atoms with E-state index >= 15 is 9.59 Å². The molecule has 0 radical (unpaired) electrons. The zero-order chi connectivity index (χ0) is 53.4. The van der Waals surface area contributed by atoms with Gasteiger partial charge in [0.1, 0.15) is 24.4 Å². The first-order chi connectivity index (χ1) is 33.5. The number of aliphatic hydroxyl groups excluding tert-OH is 1. The molecule has 1 amide bonds. The number of Topliss-reactive ketones (excluding diaryl/α,β-unsaturated/α-hetero) is 1. The van der Waals surface area contributed by atoms with E-state index in [0.717, 1.165) is 20.8 Å². The van der Waals surface area contributed by atoms with Crippen LogP contribution in [0.5, 0.6) is 0 Å². The number of esters is 5. The SMILES string of the molecule is CC(=O)OC[C@]1(OC(C)=O)CC[C@@H](O)[C@@]2(C)C(=O)[C@H](OC(C)=O)C3=C(C)[C@@H](OC(=O)[C@H](O[Si](C)(C)C(C)(C)C)[C@@H](NC(=O)c4ccccc4)c4ccccc4)C[C@@](O)([C@@H](OC(=O)c4ccccc4)[C@H]12)C3(C)C. The average molecular weight is 1010 g/mol. The van der Waals surface area contributed by atoms with Gasteiger partial charge in [-0.3, -0.25) is 24.0 Å². The zero-order valence-electron chi connectivity index (χ0n) is 43.2. The predicted molar refractivity (Wildman–Crippen MR) is 265 cm³/mol. The van der Waals surface area contributed by atoms with Gasteiger partial charge in [-0.15, -0.1) is 0 Å². The molecule has 16 nitrogen and oxygen atoms in total. The Kier molecular flexibility index (Phi) is 16.0. The van der Waals surface area contributed by atoms with Crippen LogP contribution in [0.25, 0.3) is 0 Å². The van der Waals surface area contributed by atoms with Gasteiger partial charge in [-0.05, 0) is 85.8 Å². The molecule has 2 bridgehead atoms. The number of benzene rings is 3. The molecule has 0 unspecified atom stereocenters. The number of hydrogen-bond donors (Lipinski definition) is 3. The Labute approximate surface area is 422 Å². The molecular formula is C55H69NO15Si. The Morgan fingerprint density at radius 2 is 1.35 bits per heavy atom. The van der Waals surface area contributed by atoms with Gasteiger partial charge >= 0.3 is 29.8 Å². The Morgan fingerprint density at radius 1 is 0.792 bits per heavy atom. The largest absolute Gasteiger partial charge is 0.462 e. The minimum atomic E-state index is -2.97. The van der Waals surface area contributed by atoms with Crippen LogP contribution in [0.2, 0.25) is 18.1 Å². The van der Waals surface area contributed by atoms with Crippen molar-refractivity contribution in [2.75, 3.05) is 6.61 Å². The van der Waals surface area contributed by atoms with Crippen LogP contribution in [0.1, 0.15) is 121 Å². The molecule has 0 heterocycles. The first kappa shape index (κ1) is 55.3. The molecule has 3 aromatic carbocycles. The predicted octanol–water partition coefficient (Wildman–Crippen LogP) is 7.32. The van der Waals surface area contributed by atoms with Gasteiger partial charge < -0.3 is 43.6 Å². The zero-order valence-corrected chi connectivity index (χ0v) is 44.2. The number of ether oxygens (including phenoxy) is 5. The lowest BCUT2D eigenvalue weighted by Crippen LogP contribution is -2.76. The normalized spacial score (nSPS) is 27.9. The maximum absolute atomic E-state index is 15.9. The molecule has 72 heavy (non-hydrogen) atoms. The molecule has 2 fully saturated rings. The van der Waals surface area contributed by atoms with Gasteiger partial charge in [0.05, 0.1) is 29.0 Å². The molecule has 3 N–H and O–H groups in total. The Morgan fingerprint density at radius 3 is 1.88 bits per heavy atom. The van der Waals surface area contributed by atoms with Crippen LogP contribution in [0.3, 0.4) is 0 Å². The summed E-state index contributed by atoms with van der Waals surface area (Å²) in [5, 5.41) is 28.9. The molecule has 388 valence electrons. The maximum atomic E-state index is 15.9. The highest BCUT2D eigenvalue weighted by atomic mass is 28.4. The van der Waals surface area contributed by atoms with Crippen LogP contribution in [0.4, 0.5) is 0 Å². The van der Waals surface area contributed by atoms with Gasteiger partial charge in [0.15, 0.2) is 31.9 Å². The number of carbonyl (C=O) groups is 7. The fourth-order valence-electron chi connectivity index (χ4n) is 10.7. The van der Waals surface area contributed by atoms with Crippen LogP contribution in [-0.4, -0.2) is 108 Å². The van der Waals surface area contributed by atoms with E-state index in [1.807, 2.05) is 33.9 Å².